The lowest BCUT2D eigenvalue weighted by atomic mass is 10.1. The number of Topliss-reactive ketones (excluding diaryl/α,β-unsaturated/α-hetero) is 1. The largest absolute Gasteiger partial charge is 0.441 e. The Morgan fingerprint density at radius 3 is 2.30 bits per heavy atom. The number of benzene rings is 2. The Hall–Kier alpha value is -2.69. The minimum absolute atomic E-state index is 0.292. The number of ether oxygens (including phenoxy) is 1. The van der Waals surface area contributed by atoms with Crippen LogP contribution in [0, 0.1) is 5.82 Å². The van der Waals surface area contributed by atoms with Gasteiger partial charge in [-0.3, -0.25) is 10.1 Å². The average Bonchev–Trinajstić information content (AvgIpc) is 2.48. The number of ketones is 1. The Morgan fingerprint density at radius 2 is 1.65 bits per heavy atom. The van der Waals surface area contributed by atoms with Gasteiger partial charge in [0.25, 0.3) is 0 Å². The van der Waals surface area contributed by atoms with Gasteiger partial charge in [0.1, 0.15) is 5.82 Å². The second kappa shape index (κ2) is 6.47. The van der Waals surface area contributed by atoms with Crippen LogP contribution in [0.5, 0.6) is 0 Å². The van der Waals surface area contributed by atoms with Crippen LogP contribution in [-0.2, 0) is 4.74 Å². The lowest BCUT2D eigenvalue weighted by molar-refractivity contribution is 0.0863. The van der Waals surface area contributed by atoms with Crippen molar-refractivity contribution in [3.8, 4) is 0 Å². The van der Waals surface area contributed by atoms with Crippen molar-refractivity contribution >= 4 is 17.6 Å². The fourth-order valence-electron chi connectivity index (χ4n) is 1.53. The Kier molecular flexibility index (Phi) is 4.44. The summed E-state index contributed by atoms with van der Waals surface area (Å²) >= 11 is 0. The van der Waals surface area contributed by atoms with Crippen molar-refractivity contribution in [2.45, 2.75) is 0 Å². The van der Waals surface area contributed by atoms with Crippen LogP contribution in [0.3, 0.4) is 0 Å². The first-order chi connectivity index (χ1) is 9.65. The molecule has 0 aliphatic rings. The Bertz CT molecular complexity index is 596. The first-order valence-corrected chi connectivity index (χ1v) is 5.93. The summed E-state index contributed by atoms with van der Waals surface area (Å²) in [5.41, 5.74) is 0.866. The Morgan fingerprint density at radius 1 is 1.00 bits per heavy atom. The molecule has 4 nitrogen and oxygen atoms in total. The maximum Gasteiger partial charge on any atom is 0.412 e. The van der Waals surface area contributed by atoms with E-state index in [1.54, 1.807) is 30.3 Å². The van der Waals surface area contributed by atoms with Crippen LogP contribution in [0.1, 0.15) is 10.4 Å². The van der Waals surface area contributed by atoms with Crippen molar-refractivity contribution in [2.24, 2.45) is 0 Å². The number of amides is 1. The number of nitrogens with one attached hydrogen (secondary N) is 1. The molecule has 20 heavy (non-hydrogen) atoms. The molecule has 2 rings (SSSR count). The van der Waals surface area contributed by atoms with Crippen molar-refractivity contribution in [3.05, 3.63) is 66.0 Å². The maximum atomic E-state index is 12.7. The van der Waals surface area contributed by atoms with Crippen molar-refractivity contribution < 1.29 is 18.7 Å². The molecular weight excluding hydrogens is 261 g/mol. The third-order valence-electron chi connectivity index (χ3n) is 2.52. The third-order valence-corrected chi connectivity index (χ3v) is 2.52. The molecule has 1 amide bonds. The molecule has 2 aromatic carbocycles. The molecule has 5 heteroatoms. The Balaban J connectivity index is 1.83. The summed E-state index contributed by atoms with van der Waals surface area (Å²) in [7, 11) is 0. The fourth-order valence-corrected chi connectivity index (χ4v) is 1.53. The zero-order valence-corrected chi connectivity index (χ0v) is 10.5. The molecule has 2 aromatic rings. The lowest BCUT2D eigenvalue weighted by Gasteiger charge is -2.06. The minimum atomic E-state index is -0.763. The first-order valence-electron chi connectivity index (χ1n) is 5.93. The van der Waals surface area contributed by atoms with E-state index in [2.05, 4.69) is 5.32 Å². The molecular formula is C15H12FNO3. The molecule has 102 valence electrons. The first kappa shape index (κ1) is 13.7. The van der Waals surface area contributed by atoms with Crippen LogP contribution >= 0.6 is 0 Å². The van der Waals surface area contributed by atoms with Crippen molar-refractivity contribution in [3.63, 3.8) is 0 Å². The number of carbonyl (C=O) groups excluding carboxylic acids is 2. The fraction of sp³-hybridized carbons (Fsp3) is 0.0667. The predicted molar refractivity (Wildman–Crippen MR) is 72.1 cm³/mol. The van der Waals surface area contributed by atoms with E-state index >= 15 is 0 Å². The van der Waals surface area contributed by atoms with E-state index in [9.17, 15) is 14.0 Å². The number of carbonyl (C=O) groups is 2. The van der Waals surface area contributed by atoms with Gasteiger partial charge in [0.2, 0.25) is 0 Å². The number of hydrogen-bond acceptors (Lipinski definition) is 3. The third kappa shape index (κ3) is 3.91. The smallest absolute Gasteiger partial charge is 0.412 e. The highest BCUT2D eigenvalue weighted by molar-refractivity contribution is 5.98. The summed E-state index contributed by atoms with van der Waals surface area (Å²) in [5.74, 6) is -0.692. The molecule has 0 bridgehead atoms. The summed E-state index contributed by atoms with van der Waals surface area (Å²) in [6.45, 7) is -0.350. The summed E-state index contributed by atoms with van der Waals surface area (Å²) in [6, 6.07) is 13.8. The second-order valence-electron chi connectivity index (χ2n) is 4.00. The van der Waals surface area contributed by atoms with Gasteiger partial charge in [0.05, 0.1) is 0 Å². The van der Waals surface area contributed by atoms with E-state index in [0.717, 1.165) is 0 Å². The second-order valence-corrected chi connectivity index (χ2v) is 4.00. The zero-order chi connectivity index (χ0) is 14.4. The van der Waals surface area contributed by atoms with Crippen LogP contribution in [0.25, 0.3) is 0 Å². The van der Waals surface area contributed by atoms with E-state index in [1.807, 2.05) is 0 Å². The highest BCUT2D eigenvalue weighted by Gasteiger charge is 2.09. The maximum absolute atomic E-state index is 12.7. The van der Waals surface area contributed by atoms with E-state index in [0.29, 0.717) is 11.3 Å². The van der Waals surface area contributed by atoms with Gasteiger partial charge in [0.15, 0.2) is 12.4 Å². The minimum Gasteiger partial charge on any atom is -0.441 e. The summed E-state index contributed by atoms with van der Waals surface area (Å²) in [4.78, 5) is 23.1. The Labute approximate surface area is 115 Å². The van der Waals surface area contributed by atoms with E-state index in [-0.39, 0.29) is 12.4 Å². The van der Waals surface area contributed by atoms with Gasteiger partial charge in [-0.1, -0.05) is 30.3 Å². The standard InChI is InChI=1S/C15H12FNO3/c16-12-6-8-13(9-7-12)17-15(19)20-10-14(18)11-4-2-1-3-5-11/h1-9H,10H2,(H,17,19). The SMILES string of the molecule is O=C(Nc1ccc(F)cc1)OCC(=O)c1ccccc1. The number of halogens is 1. The van der Waals surface area contributed by atoms with Crippen molar-refractivity contribution in [1.29, 1.82) is 0 Å². The average molecular weight is 273 g/mol. The van der Waals surface area contributed by atoms with Crippen molar-refractivity contribution in [2.75, 3.05) is 11.9 Å². The molecule has 1 N–H and O–H groups in total. The highest BCUT2D eigenvalue weighted by Crippen LogP contribution is 2.08. The van der Waals surface area contributed by atoms with E-state index < -0.39 is 11.9 Å². The quantitative estimate of drug-likeness (QED) is 0.870. The number of anilines is 1. The number of hydrogen-bond donors (Lipinski definition) is 1. The molecule has 0 saturated heterocycles. The van der Waals surface area contributed by atoms with Gasteiger partial charge in [-0.15, -0.1) is 0 Å². The van der Waals surface area contributed by atoms with Crippen molar-refractivity contribution in [1.82, 2.24) is 0 Å². The van der Waals surface area contributed by atoms with E-state index in [1.165, 1.54) is 24.3 Å². The molecule has 0 aliphatic carbocycles. The van der Waals surface area contributed by atoms with Gasteiger partial charge < -0.3 is 4.74 Å². The molecule has 0 aliphatic heterocycles. The van der Waals surface area contributed by atoms with Crippen LogP contribution in [0.15, 0.2) is 54.6 Å². The molecule has 0 saturated carbocycles. The summed E-state index contributed by atoms with van der Waals surface area (Å²) < 4.78 is 17.5. The monoisotopic (exact) mass is 273 g/mol. The molecule has 0 spiro atoms. The molecule has 0 fully saturated rings. The van der Waals surface area contributed by atoms with Crippen LogP contribution in [0.2, 0.25) is 0 Å². The van der Waals surface area contributed by atoms with Crippen LogP contribution in [0.4, 0.5) is 14.9 Å². The number of rotatable bonds is 4. The normalized spacial score (nSPS) is 9.85. The van der Waals surface area contributed by atoms with E-state index in [4.69, 9.17) is 4.74 Å². The van der Waals surface area contributed by atoms with Gasteiger partial charge in [-0.2, -0.15) is 0 Å². The summed E-state index contributed by atoms with van der Waals surface area (Å²) in [6.07, 6.45) is -0.763. The molecule has 0 aromatic heterocycles. The molecule has 0 radical (unpaired) electrons. The molecule has 0 heterocycles. The topological polar surface area (TPSA) is 55.4 Å². The van der Waals surface area contributed by atoms with Gasteiger partial charge in [-0.25, -0.2) is 9.18 Å². The summed E-state index contributed by atoms with van der Waals surface area (Å²) in [5, 5.41) is 2.40. The van der Waals surface area contributed by atoms with Gasteiger partial charge in [0, 0.05) is 11.3 Å². The highest BCUT2D eigenvalue weighted by atomic mass is 19.1. The lowest BCUT2D eigenvalue weighted by Crippen LogP contribution is -2.18. The molecule has 0 unspecified atom stereocenters. The van der Waals surface area contributed by atoms with Gasteiger partial charge >= 0.3 is 6.09 Å². The zero-order valence-electron chi connectivity index (χ0n) is 10.5. The predicted octanol–water partition coefficient (Wildman–Crippen LogP) is 3.26. The van der Waals surface area contributed by atoms with Gasteiger partial charge in [-0.05, 0) is 24.3 Å². The van der Waals surface area contributed by atoms with Crippen LogP contribution in [-0.4, -0.2) is 18.5 Å². The molecule has 0 atom stereocenters. The van der Waals surface area contributed by atoms with Crippen LogP contribution < -0.4 is 5.32 Å².